The summed E-state index contributed by atoms with van der Waals surface area (Å²) < 4.78 is 7.90. The van der Waals surface area contributed by atoms with Crippen LogP contribution in [0.1, 0.15) is 31.3 Å². The predicted molar refractivity (Wildman–Crippen MR) is 90.6 cm³/mol. The highest BCUT2D eigenvalue weighted by Crippen LogP contribution is 2.24. The van der Waals surface area contributed by atoms with Crippen LogP contribution in [0.3, 0.4) is 0 Å². The fraction of sp³-hybridized carbons (Fsp3) is 0.263. The van der Waals surface area contributed by atoms with Gasteiger partial charge in [0.25, 0.3) is 0 Å². The Morgan fingerprint density at radius 2 is 1.87 bits per heavy atom. The first-order chi connectivity index (χ1) is 11.1. The van der Waals surface area contributed by atoms with Gasteiger partial charge < -0.3 is 9.30 Å². The van der Waals surface area contributed by atoms with E-state index in [0.717, 1.165) is 28.2 Å². The van der Waals surface area contributed by atoms with E-state index >= 15 is 0 Å². The molecule has 3 rings (SSSR count). The molecule has 0 bridgehead atoms. The molecule has 3 aromatic rings. The number of aromatic nitrogens is 2. The van der Waals surface area contributed by atoms with Gasteiger partial charge in [-0.15, -0.1) is 0 Å². The number of Topliss-reactive ketones (excluding diaryl/α,β-unsaturated/α-hetero) is 1. The molecule has 1 heterocycles. The number of carbonyl (C=O) groups excluding carboxylic acids is 1. The number of benzene rings is 2. The summed E-state index contributed by atoms with van der Waals surface area (Å²) in [6.45, 7) is 5.84. The third-order valence-corrected chi connectivity index (χ3v) is 4.09. The topological polar surface area (TPSA) is 44.1 Å². The monoisotopic (exact) mass is 308 g/mol. The van der Waals surface area contributed by atoms with Crippen LogP contribution in [0.2, 0.25) is 0 Å². The fourth-order valence-corrected chi connectivity index (χ4v) is 2.67. The zero-order valence-corrected chi connectivity index (χ0v) is 13.6. The van der Waals surface area contributed by atoms with E-state index in [1.807, 2.05) is 66.9 Å². The van der Waals surface area contributed by atoms with Crippen molar-refractivity contribution in [1.29, 1.82) is 0 Å². The van der Waals surface area contributed by atoms with E-state index < -0.39 is 0 Å². The second-order valence-electron chi connectivity index (χ2n) is 5.73. The van der Waals surface area contributed by atoms with Crippen molar-refractivity contribution in [3.8, 4) is 5.75 Å². The second kappa shape index (κ2) is 6.24. The molecule has 0 aliphatic carbocycles. The zero-order chi connectivity index (χ0) is 16.4. The first-order valence-corrected chi connectivity index (χ1v) is 7.72. The number of hydrogen-bond donors (Lipinski definition) is 0. The molecule has 0 aliphatic heterocycles. The summed E-state index contributed by atoms with van der Waals surface area (Å²) in [5.74, 6) is 1.70. The van der Waals surface area contributed by atoms with Crippen molar-refractivity contribution in [2.24, 2.45) is 0 Å². The Bertz CT molecular complexity index is 851. The van der Waals surface area contributed by atoms with Gasteiger partial charge in [-0.3, -0.25) is 4.79 Å². The molecule has 1 unspecified atom stereocenters. The van der Waals surface area contributed by atoms with E-state index in [4.69, 9.17) is 4.74 Å². The highest BCUT2D eigenvalue weighted by atomic mass is 16.5. The molecule has 4 heteroatoms. The number of nitrogens with zero attached hydrogens (tertiary/aromatic N) is 2. The minimum Gasteiger partial charge on any atom is -0.485 e. The quantitative estimate of drug-likeness (QED) is 0.713. The highest BCUT2D eigenvalue weighted by molar-refractivity contribution is 5.83. The van der Waals surface area contributed by atoms with Crippen LogP contribution in [0.25, 0.3) is 11.0 Å². The van der Waals surface area contributed by atoms with E-state index in [1.54, 1.807) is 6.92 Å². The molecular formula is C19H20N2O2. The maximum absolute atomic E-state index is 11.9. The van der Waals surface area contributed by atoms with Crippen molar-refractivity contribution in [1.82, 2.24) is 9.55 Å². The molecule has 0 N–H and O–H groups in total. The SMILES string of the molecule is CC(=O)C(C)n1c(COc2ccccc2C)nc2ccccc21. The van der Waals surface area contributed by atoms with E-state index in [2.05, 4.69) is 4.98 Å². The summed E-state index contributed by atoms with van der Waals surface area (Å²) in [5, 5.41) is 0. The maximum atomic E-state index is 11.9. The summed E-state index contributed by atoms with van der Waals surface area (Å²) in [6.07, 6.45) is 0. The number of imidazole rings is 1. The van der Waals surface area contributed by atoms with Crippen LogP contribution < -0.4 is 4.74 Å². The minimum atomic E-state index is -0.266. The molecule has 1 atom stereocenters. The minimum absolute atomic E-state index is 0.102. The van der Waals surface area contributed by atoms with Crippen LogP contribution in [0.4, 0.5) is 0 Å². The second-order valence-corrected chi connectivity index (χ2v) is 5.73. The van der Waals surface area contributed by atoms with Gasteiger partial charge >= 0.3 is 0 Å². The van der Waals surface area contributed by atoms with Crippen molar-refractivity contribution in [3.63, 3.8) is 0 Å². The number of ketones is 1. The van der Waals surface area contributed by atoms with Gasteiger partial charge in [0.15, 0.2) is 5.78 Å². The molecule has 2 aromatic carbocycles. The van der Waals surface area contributed by atoms with E-state index in [-0.39, 0.29) is 11.8 Å². The Kier molecular flexibility index (Phi) is 4.15. The molecule has 0 amide bonds. The maximum Gasteiger partial charge on any atom is 0.152 e. The van der Waals surface area contributed by atoms with Crippen molar-refractivity contribution in [3.05, 3.63) is 59.9 Å². The van der Waals surface area contributed by atoms with E-state index in [1.165, 1.54) is 0 Å². The molecule has 0 fully saturated rings. The van der Waals surface area contributed by atoms with Crippen LogP contribution in [-0.2, 0) is 11.4 Å². The van der Waals surface area contributed by atoms with Crippen LogP contribution in [0, 0.1) is 6.92 Å². The van der Waals surface area contributed by atoms with Gasteiger partial charge in [0.2, 0.25) is 0 Å². The number of aryl methyl sites for hydroxylation is 1. The summed E-state index contributed by atoms with van der Waals surface area (Å²) in [5.41, 5.74) is 2.91. The Balaban J connectivity index is 1.98. The van der Waals surface area contributed by atoms with Gasteiger partial charge in [0.1, 0.15) is 18.2 Å². The molecule has 0 saturated heterocycles. The summed E-state index contributed by atoms with van der Waals surface area (Å²) in [6, 6.07) is 15.5. The van der Waals surface area contributed by atoms with Crippen LogP contribution in [0.15, 0.2) is 48.5 Å². The van der Waals surface area contributed by atoms with E-state index in [9.17, 15) is 4.79 Å². The molecule has 0 aliphatic rings. The number of para-hydroxylation sites is 3. The van der Waals surface area contributed by atoms with Gasteiger partial charge in [0.05, 0.1) is 17.1 Å². The van der Waals surface area contributed by atoms with Gasteiger partial charge in [0, 0.05) is 0 Å². The van der Waals surface area contributed by atoms with Crippen LogP contribution in [0.5, 0.6) is 5.75 Å². The number of rotatable bonds is 5. The van der Waals surface area contributed by atoms with Crippen LogP contribution >= 0.6 is 0 Å². The third-order valence-electron chi connectivity index (χ3n) is 4.09. The third kappa shape index (κ3) is 2.97. The Labute approximate surface area is 135 Å². The molecule has 118 valence electrons. The van der Waals surface area contributed by atoms with Crippen molar-refractivity contribution < 1.29 is 9.53 Å². The van der Waals surface area contributed by atoms with Gasteiger partial charge in [-0.05, 0) is 44.5 Å². The Morgan fingerprint density at radius 3 is 2.61 bits per heavy atom. The average molecular weight is 308 g/mol. The number of carbonyl (C=O) groups is 1. The largest absolute Gasteiger partial charge is 0.485 e. The molecule has 0 spiro atoms. The highest BCUT2D eigenvalue weighted by Gasteiger charge is 2.19. The summed E-state index contributed by atoms with van der Waals surface area (Å²) in [7, 11) is 0. The van der Waals surface area contributed by atoms with Gasteiger partial charge in [-0.1, -0.05) is 30.3 Å². The van der Waals surface area contributed by atoms with Crippen molar-refractivity contribution in [2.45, 2.75) is 33.4 Å². The fourth-order valence-electron chi connectivity index (χ4n) is 2.67. The predicted octanol–water partition coefficient (Wildman–Crippen LogP) is 4.07. The lowest BCUT2D eigenvalue weighted by atomic mass is 10.2. The first kappa shape index (κ1) is 15.3. The van der Waals surface area contributed by atoms with Gasteiger partial charge in [-0.2, -0.15) is 0 Å². The molecular weight excluding hydrogens is 288 g/mol. The lowest BCUT2D eigenvalue weighted by molar-refractivity contribution is -0.119. The average Bonchev–Trinajstić information content (AvgIpc) is 2.91. The lowest BCUT2D eigenvalue weighted by Crippen LogP contribution is -2.17. The van der Waals surface area contributed by atoms with Crippen molar-refractivity contribution >= 4 is 16.8 Å². The standard InChI is InChI=1S/C19H20N2O2/c1-13-8-4-7-11-18(13)23-12-19-20-16-9-5-6-10-17(16)21(19)14(2)15(3)22/h4-11,14H,12H2,1-3H3. The lowest BCUT2D eigenvalue weighted by Gasteiger charge is -2.15. The van der Waals surface area contributed by atoms with E-state index in [0.29, 0.717) is 6.61 Å². The molecule has 4 nitrogen and oxygen atoms in total. The van der Waals surface area contributed by atoms with Crippen LogP contribution in [-0.4, -0.2) is 15.3 Å². The normalized spacial score (nSPS) is 12.3. The zero-order valence-electron chi connectivity index (χ0n) is 13.6. The number of fused-ring (bicyclic) bond motifs is 1. The molecule has 23 heavy (non-hydrogen) atoms. The smallest absolute Gasteiger partial charge is 0.152 e. The first-order valence-electron chi connectivity index (χ1n) is 7.72. The summed E-state index contributed by atoms with van der Waals surface area (Å²) in [4.78, 5) is 16.5. The molecule has 1 aromatic heterocycles. The Hall–Kier alpha value is -2.62. The molecule has 0 radical (unpaired) electrons. The van der Waals surface area contributed by atoms with Gasteiger partial charge in [-0.25, -0.2) is 4.98 Å². The molecule has 0 saturated carbocycles. The number of hydrogen-bond acceptors (Lipinski definition) is 3. The number of ether oxygens (including phenoxy) is 1. The summed E-state index contributed by atoms with van der Waals surface area (Å²) >= 11 is 0. The Morgan fingerprint density at radius 1 is 1.17 bits per heavy atom. The van der Waals surface area contributed by atoms with Crippen molar-refractivity contribution in [2.75, 3.05) is 0 Å².